The smallest absolute Gasteiger partial charge is 0.0545 e. The normalized spacial score (nSPS) is 11.1. The molecule has 0 aliphatic rings. The van der Waals surface area contributed by atoms with Gasteiger partial charge in [0.15, 0.2) is 0 Å². The van der Waals surface area contributed by atoms with Crippen molar-refractivity contribution in [2.45, 2.75) is 26.7 Å². The second-order valence-electron chi connectivity index (χ2n) is 8.19. The van der Waals surface area contributed by atoms with Gasteiger partial charge in [-0.25, -0.2) is 0 Å². The van der Waals surface area contributed by atoms with Gasteiger partial charge in [-0.3, -0.25) is 0 Å². The summed E-state index contributed by atoms with van der Waals surface area (Å²) in [5, 5.41) is 12.3. The summed E-state index contributed by atoms with van der Waals surface area (Å²) in [7, 11) is 0. The lowest BCUT2D eigenvalue weighted by Crippen LogP contribution is -1.98. The molecule has 0 saturated carbocycles. The van der Waals surface area contributed by atoms with Crippen LogP contribution in [0.3, 0.4) is 0 Å². The maximum atomic E-state index is 3.72. The van der Waals surface area contributed by atoms with E-state index in [4.69, 9.17) is 0 Å². The highest BCUT2D eigenvalue weighted by molar-refractivity contribution is 6.20. The Balaban J connectivity index is 1.67. The molecule has 0 unspecified atom stereocenters. The van der Waals surface area contributed by atoms with E-state index >= 15 is 0 Å². The molecule has 0 fully saturated rings. The van der Waals surface area contributed by atoms with Crippen LogP contribution >= 0.6 is 0 Å². The third-order valence-electron chi connectivity index (χ3n) is 6.19. The number of rotatable bonds is 6. The molecule has 0 aliphatic carbocycles. The first-order valence-electron chi connectivity index (χ1n) is 11.4. The van der Waals surface area contributed by atoms with Gasteiger partial charge in [0.1, 0.15) is 0 Å². The van der Waals surface area contributed by atoms with Crippen LogP contribution in [0.25, 0.3) is 21.5 Å². The third kappa shape index (κ3) is 3.80. The molecule has 158 valence electrons. The quantitative estimate of drug-likeness (QED) is 0.214. The van der Waals surface area contributed by atoms with E-state index in [1.807, 2.05) is 0 Å². The first kappa shape index (κ1) is 20.1. The average molecular weight is 417 g/mol. The second-order valence-corrected chi connectivity index (χ2v) is 8.19. The Morgan fingerprint density at radius 1 is 0.438 bits per heavy atom. The molecular weight excluding hydrogens is 388 g/mol. The van der Waals surface area contributed by atoms with Crippen LogP contribution < -0.4 is 10.6 Å². The van der Waals surface area contributed by atoms with E-state index in [1.54, 1.807) is 0 Å². The lowest BCUT2D eigenvalue weighted by molar-refractivity contribution is 1.14. The lowest BCUT2D eigenvalue weighted by atomic mass is 9.97. The highest BCUT2D eigenvalue weighted by Gasteiger charge is 2.14. The lowest BCUT2D eigenvalue weighted by Gasteiger charge is -2.19. The van der Waals surface area contributed by atoms with E-state index in [2.05, 4.69) is 122 Å². The number of hydrogen-bond donors (Lipinski definition) is 2. The molecule has 2 heteroatoms. The van der Waals surface area contributed by atoms with Crippen molar-refractivity contribution in [3.8, 4) is 0 Å². The fourth-order valence-electron chi connectivity index (χ4n) is 4.33. The molecule has 0 atom stereocenters. The number of benzene rings is 5. The highest BCUT2D eigenvalue weighted by atomic mass is 14.9. The summed E-state index contributed by atoms with van der Waals surface area (Å²) in [4.78, 5) is 0. The van der Waals surface area contributed by atoms with Gasteiger partial charge in [-0.05, 0) is 48.2 Å². The van der Waals surface area contributed by atoms with E-state index in [0.29, 0.717) is 0 Å². The average Bonchev–Trinajstić information content (AvgIpc) is 2.86. The predicted molar refractivity (Wildman–Crippen MR) is 140 cm³/mol. The van der Waals surface area contributed by atoms with Crippen LogP contribution in [-0.4, -0.2) is 0 Å². The molecule has 2 nitrogen and oxygen atoms in total. The first-order chi connectivity index (χ1) is 15.8. The van der Waals surface area contributed by atoms with Gasteiger partial charge in [0.2, 0.25) is 0 Å². The molecule has 0 radical (unpaired) electrons. The van der Waals surface area contributed by atoms with Crippen molar-refractivity contribution >= 4 is 44.3 Å². The van der Waals surface area contributed by atoms with E-state index in [0.717, 1.165) is 35.6 Å². The summed E-state index contributed by atoms with van der Waals surface area (Å²) < 4.78 is 0. The fourth-order valence-corrected chi connectivity index (χ4v) is 4.33. The molecule has 32 heavy (non-hydrogen) atoms. The molecule has 0 amide bonds. The van der Waals surface area contributed by atoms with E-state index < -0.39 is 0 Å². The van der Waals surface area contributed by atoms with Gasteiger partial charge in [0.25, 0.3) is 0 Å². The summed E-state index contributed by atoms with van der Waals surface area (Å²) in [6.45, 7) is 4.37. The summed E-state index contributed by atoms with van der Waals surface area (Å²) in [5.41, 5.74) is 7.19. The van der Waals surface area contributed by atoms with Crippen molar-refractivity contribution in [3.05, 3.63) is 108 Å². The SMILES string of the molecule is CCc1ccc(Nc2c3ccccc3c(Nc3ccc(CC)cc3)c3ccccc23)cc1. The molecule has 0 saturated heterocycles. The minimum atomic E-state index is 1.05. The van der Waals surface area contributed by atoms with Crippen LogP contribution in [0.4, 0.5) is 22.7 Å². The predicted octanol–water partition coefficient (Wildman–Crippen LogP) is 8.61. The van der Waals surface area contributed by atoms with E-state index in [9.17, 15) is 0 Å². The standard InChI is InChI=1S/C30H28N2/c1-3-21-13-17-23(18-14-21)31-29-25-9-5-7-11-27(25)30(28-12-8-6-10-26(28)29)32-24-19-15-22(4-2)16-20-24/h5-20,31-32H,3-4H2,1-2H3. The van der Waals surface area contributed by atoms with Crippen molar-refractivity contribution in [1.29, 1.82) is 0 Å². The first-order valence-corrected chi connectivity index (χ1v) is 11.4. The Morgan fingerprint density at radius 2 is 0.750 bits per heavy atom. The third-order valence-corrected chi connectivity index (χ3v) is 6.19. The van der Waals surface area contributed by atoms with Gasteiger partial charge in [0.05, 0.1) is 11.4 Å². The minimum absolute atomic E-state index is 1.05. The number of aryl methyl sites for hydroxylation is 2. The molecule has 0 heterocycles. The molecule has 5 aromatic carbocycles. The zero-order chi connectivity index (χ0) is 21.9. The van der Waals surface area contributed by atoms with Crippen molar-refractivity contribution < 1.29 is 0 Å². The van der Waals surface area contributed by atoms with Gasteiger partial charge in [-0.15, -0.1) is 0 Å². The number of fused-ring (bicyclic) bond motifs is 2. The molecule has 2 N–H and O–H groups in total. The Kier molecular flexibility index (Phi) is 5.51. The van der Waals surface area contributed by atoms with Gasteiger partial charge in [-0.1, -0.05) is 86.6 Å². The van der Waals surface area contributed by atoms with Crippen molar-refractivity contribution in [2.75, 3.05) is 10.6 Å². The molecule has 0 bridgehead atoms. The molecule has 5 rings (SSSR count). The fraction of sp³-hybridized carbons (Fsp3) is 0.133. The highest BCUT2D eigenvalue weighted by Crippen LogP contribution is 2.42. The zero-order valence-corrected chi connectivity index (χ0v) is 18.7. The number of nitrogens with one attached hydrogen (secondary N) is 2. The van der Waals surface area contributed by atoms with E-state index in [-0.39, 0.29) is 0 Å². The van der Waals surface area contributed by atoms with Gasteiger partial charge in [0, 0.05) is 32.9 Å². The summed E-state index contributed by atoms with van der Waals surface area (Å²) in [5.74, 6) is 0. The van der Waals surface area contributed by atoms with Crippen LogP contribution in [-0.2, 0) is 12.8 Å². The summed E-state index contributed by atoms with van der Waals surface area (Å²) in [6.07, 6.45) is 2.09. The van der Waals surface area contributed by atoms with Crippen LogP contribution in [0, 0.1) is 0 Å². The summed E-state index contributed by atoms with van der Waals surface area (Å²) >= 11 is 0. The number of anilines is 4. The second kappa shape index (κ2) is 8.76. The molecule has 0 spiro atoms. The molecule has 5 aromatic rings. The monoisotopic (exact) mass is 416 g/mol. The van der Waals surface area contributed by atoms with Crippen LogP contribution in [0.2, 0.25) is 0 Å². The van der Waals surface area contributed by atoms with Gasteiger partial charge < -0.3 is 10.6 Å². The maximum Gasteiger partial charge on any atom is 0.0545 e. The Bertz CT molecular complexity index is 1200. The Morgan fingerprint density at radius 3 is 1.03 bits per heavy atom. The van der Waals surface area contributed by atoms with Crippen LogP contribution in [0.1, 0.15) is 25.0 Å². The molecule has 0 aliphatic heterocycles. The largest absolute Gasteiger partial charge is 0.355 e. The minimum Gasteiger partial charge on any atom is -0.355 e. The molecular formula is C30H28N2. The van der Waals surface area contributed by atoms with Crippen LogP contribution in [0.5, 0.6) is 0 Å². The van der Waals surface area contributed by atoms with Gasteiger partial charge >= 0.3 is 0 Å². The van der Waals surface area contributed by atoms with Crippen molar-refractivity contribution in [2.24, 2.45) is 0 Å². The van der Waals surface area contributed by atoms with E-state index in [1.165, 1.54) is 32.7 Å². The van der Waals surface area contributed by atoms with Crippen molar-refractivity contribution in [3.63, 3.8) is 0 Å². The van der Waals surface area contributed by atoms with Crippen LogP contribution in [0.15, 0.2) is 97.1 Å². The van der Waals surface area contributed by atoms with Crippen molar-refractivity contribution in [1.82, 2.24) is 0 Å². The summed E-state index contributed by atoms with van der Waals surface area (Å²) in [6, 6.07) is 34.7. The zero-order valence-electron chi connectivity index (χ0n) is 18.7. The molecule has 0 aromatic heterocycles. The number of hydrogen-bond acceptors (Lipinski definition) is 2. The Labute approximate surface area is 189 Å². The Hall–Kier alpha value is -3.78. The maximum absolute atomic E-state index is 3.72. The van der Waals surface area contributed by atoms with Gasteiger partial charge in [-0.2, -0.15) is 0 Å². The topological polar surface area (TPSA) is 24.1 Å².